The fourth-order valence-electron chi connectivity index (χ4n) is 3.56. The highest BCUT2D eigenvalue weighted by Gasteiger charge is 2.50. The van der Waals surface area contributed by atoms with E-state index in [1.54, 1.807) is 17.2 Å². The van der Waals surface area contributed by atoms with E-state index in [-0.39, 0.29) is 18.2 Å². The van der Waals surface area contributed by atoms with E-state index < -0.39 is 11.0 Å². The second-order valence-electron chi connectivity index (χ2n) is 7.58. The molecule has 2 aliphatic rings. The van der Waals surface area contributed by atoms with Crippen molar-refractivity contribution in [3.05, 3.63) is 41.7 Å². The van der Waals surface area contributed by atoms with Crippen LogP contribution in [0.1, 0.15) is 44.7 Å². The molecule has 0 spiro atoms. The molecule has 128 valence electrons. The predicted molar refractivity (Wildman–Crippen MR) is 90.3 cm³/mol. The lowest BCUT2D eigenvalue weighted by Gasteiger charge is -2.43. The summed E-state index contributed by atoms with van der Waals surface area (Å²) in [5.41, 5.74) is -0.165. The Kier molecular flexibility index (Phi) is 4.00. The summed E-state index contributed by atoms with van der Waals surface area (Å²) in [5, 5.41) is 19.0. The van der Waals surface area contributed by atoms with E-state index in [2.05, 4.69) is 17.1 Å². The first-order chi connectivity index (χ1) is 11.8. The minimum Gasteiger partial charge on any atom is -0.444 e. The van der Waals surface area contributed by atoms with Crippen LogP contribution in [-0.4, -0.2) is 33.7 Å². The second kappa shape index (κ2) is 5.89. The van der Waals surface area contributed by atoms with Crippen molar-refractivity contribution in [3.63, 3.8) is 0 Å². The van der Waals surface area contributed by atoms with Gasteiger partial charge in [-0.1, -0.05) is 12.2 Å². The number of piperidine rings is 1. The summed E-state index contributed by atoms with van der Waals surface area (Å²) in [6, 6.07) is 5.82. The largest absolute Gasteiger partial charge is 0.444 e. The van der Waals surface area contributed by atoms with Gasteiger partial charge in [0.05, 0.1) is 29.1 Å². The molecule has 3 rings (SSSR count). The Balaban J connectivity index is 1.88. The first kappa shape index (κ1) is 17.0. The van der Waals surface area contributed by atoms with Crippen molar-refractivity contribution in [3.8, 4) is 12.1 Å². The van der Waals surface area contributed by atoms with Gasteiger partial charge in [0.1, 0.15) is 11.7 Å². The number of rotatable bonds is 1. The van der Waals surface area contributed by atoms with Gasteiger partial charge >= 0.3 is 6.09 Å². The van der Waals surface area contributed by atoms with Crippen LogP contribution in [0, 0.1) is 22.7 Å². The van der Waals surface area contributed by atoms with Crippen LogP contribution in [0.15, 0.2) is 30.6 Å². The number of aromatic nitrogens is 1. The molecule has 0 unspecified atom stereocenters. The topological polar surface area (TPSA) is 90.0 Å². The van der Waals surface area contributed by atoms with Gasteiger partial charge in [-0.05, 0) is 45.2 Å². The maximum Gasteiger partial charge on any atom is 0.411 e. The Hall–Kier alpha value is -2.86. The van der Waals surface area contributed by atoms with Crippen LogP contribution in [0.5, 0.6) is 0 Å². The highest BCUT2D eigenvalue weighted by molar-refractivity contribution is 5.71. The molecule has 2 bridgehead atoms. The molecule has 1 amide bonds. The molecule has 0 aromatic carbocycles. The van der Waals surface area contributed by atoms with Gasteiger partial charge in [-0.25, -0.2) is 4.79 Å². The molecular formula is C19H20N4O2. The second-order valence-corrected chi connectivity index (χ2v) is 7.58. The third kappa shape index (κ3) is 3.08. The van der Waals surface area contributed by atoms with E-state index in [0.717, 1.165) is 5.56 Å². The zero-order chi connectivity index (χ0) is 18.2. The molecule has 0 N–H and O–H groups in total. The molecule has 2 aliphatic heterocycles. The molecule has 0 radical (unpaired) electrons. The normalized spacial score (nSPS) is 27.5. The third-order valence-corrected chi connectivity index (χ3v) is 4.62. The maximum absolute atomic E-state index is 12.5. The average molecular weight is 336 g/mol. The zero-order valence-electron chi connectivity index (χ0n) is 14.6. The molecule has 6 heteroatoms. The minimum atomic E-state index is -0.767. The molecule has 1 aromatic heterocycles. The van der Waals surface area contributed by atoms with Crippen molar-refractivity contribution in [2.24, 2.45) is 0 Å². The fraction of sp³-hybridized carbons (Fsp3) is 0.474. The maximum atomic E-state index is 12.5. The van der Waals surface area contributed by atoms with Gasteiger partial charge in [0.25, 0.3) is 0 Å². The van der Waals surface area contributed by atoms with Gasteiger partial charge in [0, 0.05) is 12.4 Å². The van der Waals surface area contributed by atoms with E-state index in [4.69, 9.17) is 10.00 Å². The molecule has 1 fully saturated rings. The highest BCUT2D eigenvalue weighted by atomic mass is 16.6. The first-order valence-corrected chi connectivity index (χ1v) is 8.24. The van der Waals surface area contributed by atoms with Crippen LogP contribution < -0.4 is 0 Å². The molecule has 3 heterocycles. The van der Waals surface area contributed by atoms with Gasteiger partial charge in [-0.15, -0.1) is 0 Å². The van der Waals surface area contributed by atoms with E-state index in [1.807, 2.05) is 32.9 Å². The van der Waals surface area contributed by atoms with Crippen LogP contribution in [0.3, 0.4) is 0 Å². The third-order valence-electron chi connectivity index (χ3n) is 4.62. The summed E-state index contributed by atoms with van der Waals surface area (Å²) >= 11 is 0. The highest BCUT2D eigenvalue weighted by Crippen LogP contribution is 2.44. The predicted octanol–water partition coefficient (Wildman–Crippen LogP) is 3.05. The van der Waals surface area contributed by atoms with E-state index in [0.29, 0.717) is 18.4 Å². The molecule has 0 aliphatic carbocycles. The molecule has 25 heavy (non-hydrogen) atoms. The summed E-state index contributed by atoms with van der Waals surface area (Å²) in [4.78, 5) is 18.3. The first-order valence-electron chi connectivity index (χ1n) is 8.24. The van der Waals surface area contributed by atoms with Crippen LogP contribution in [0.2, 0.25) is 0 Å². The van der Waals surface area contributed by atoms with Crippen molar-refractivity contribution in [2.45, 2.75) is 56.7 Å². The Morgan fingerprint density at radius 1 is 1.28 bits per heavy atom. The number of ether oxygens (including phenoxy) is 1. The van der Waals surface area contributed by atoms with Crippen LogP contribution in [0.25, 0.3) is 0 Å². The number of nitriles is 2. The number of carbonyl (C=O) groups excluding carboxylic acids is 1. The SMILES string of the molecule is CC(C)(C)OC(=O)N1[C@@H]2C=C[C@H]1C[C@](C#N)(c1cncc(C#N)c1)C2. The zero-order valence-corrected chi connectivity index (χ0v) is 14.6. The lowest BCUT2D eigenvalue weighted by molar-refractivity contribution is 0.00562. The summed E-state index contributed by atoms with van der Waals surface area (Å²) in [6.45, 7) is 5.51. The molecule has 1 aromatic rings. The lowest BCUT2D eigenvalue weighted by atomic mass is 9.71. The number of fused-ring (bicyclic) bond motifs is 2. The summed E-state index contributed by atoms with van der Waals surface area (Å²) in [7, 11) is 0. The molecule has 3 atom stereocenters. The molecule has 6 nitrogen and oxygen atoms in total. The van der Waals surface area contributed by atoms with Gasteiger partial charge in [-0.3, -0.25) is 9.88 Å². The van der Waals surface area contributed by atoms with Crippen molar-refractivity contribution < 1.29 is 9.53 Å². The minimum absolute atomic E-state index is 0.195. The van der Waals surface area contributed by atoms with Crippen molar-refractivity contribution in [1.82, 2.24) is 9.88 Å². The smallest absolute Gasteiger partial charge is 0.411 e. The van der Waals surface area contributed by atoms with Gasteiger partial charge in [0.15, 0.2) is 0 Å². The number of amides is 1. The number of nitrogens with zero attached hydrogens (tertiary/aromatic N) is 4. The molecule has 1 saturated heterocycles. The fourth-order valence-corrected chi connectivity index (χ4v) is 3.56. The lowest BCUT2D eigenvalue weighted by Crippen LogP contribution is -2.53. The van der Waals surface area contributed by atoms with E-state index >= 15 is 0 Å². The Labute approximate surface area is 147 Å². The van der Waals surface area contributed by atoms with Gasteiger partial charge in [-0.2, -0.15) is 10.5 Å². The van der Waals surface area contributed by atoms with Gasteiger partial charge in [0.2, 0.25) is 0 Å². The Morgan fingerprint density at radius 3 is 2.44 bits per heavy atom. The molecule has 0 saturated carbocycles. The van der Waals surface area contributed by atoms with Crippen LogP contribution >= 0.6 is 0 Å². The quantitative estimate of drug-likeness (QED) is 0.735. The molecular weight excluding hydrogens is 316 g/mol. The van der Waals surface area contributed by atoms with E-state index in [9.17, 15) is 10.1 Å². The standard InChI is InChI=1S/C19H20N4O2/c1-18(2,3)25-17(24)23-15-4-5-16(23)8-19(7-15,12-21)14-6-13(9-20)10-22-11-14/h4-6,10-11,15-16H,7-8H2,1-3H3/t15-,16+,19-. The monoisotopic (exact) mass is 336 g/mol. The van der Waals surface area contributed by atoms with Crippen LogP contribution in [0.4, 0.5) is 4.79 Å². The number of hydrogen-bond acceptors (Lipinski definition) is 5. The average Bonchev–Trinajstić information content (AvgIpc) is 2.85. The van der Waals surface area contributed by atoms with Crippen molar-refractivity contribution in [1.29, 1.82) is 10.5 Å². The van der Waals surface area contributed by atoms with Crippen LogP contribution in [-0.2, 0) is 10.2 Å². The number of pyridine rings is 1. The van der Waals surface area contributed by atoms with E-state index in [1.165, 1.54) is 6.20 Å². The van der Waals surface area contributed by atoms with Crippen molar-refractivity contribution >= 4 is 6.09 Å². The number of hydrogen-bond donors (Lipinski definition) is 0. The summed E-state index contributed by atoms with van der Waals surface area (Å²) in [6.07, 6.45) is 7.63. The Morgan fingerprint density at radius 2 is 1.92 bits per heavy atom. The summed E-state index contributed by atoms with van der Waals surface area (Å²) < 4.78 is 5.51. The Bertz CT molecular complexity index is 794. The van der Waals surface area contributed by atoms with Crippen molar-refractivity contribution in [2.75, 3.05) is 0 Å². The summed E-state index contributed by atoms with van der Waals surface area (Å²) in [5.74, 6) is 0. The van der Waals surface area contributed by atoms with Gasteiger partial charge < -0.3 is 4.74 Å². The number of carbonyl (C=O) groups is 1.